The first kappa shape index (κ1) is 11.7. The van der Waals surface area contributed by atoms with Gasteiger partial charge in [0.1, 0.15) is 0 Å². The molecule has 1 unspecified atom stereocenters. The number of ether oxygens (including phenoxy) is 1. The molecule has 0 aliphatic carbocycles. The van der Waals surface area contributed by atoms with Gasteiger partial charge >= 0.3 is 5.97 Å². The van der Waals surface area contributed by atoms with Gasteiger partial charge in [-0.25, -0.2) is 4.79 Å². The fourth-order valence-electron chi connectivity index (χ4n) is 1.30. The molecule has 0 aliphatic rings. The highest BCUT2D eigenvalue weighted by Gasteiger charge is 2.24. The number of hydrogen-bond acceptors (Lipinski definition) is 3. The summed E-state index contributed by atoms with van der Waals surface area (Å²) in [7, 11) is 1.78. The molecule has 0 saturated carbocycles. The maximum Gasteiger partial charge on any atom is 0.337 e. The minimum atomic E-state index is -0.973. The lowest BCUT2D eigenvalue weighted by Crippen LogP contribution is -2.16. The number of aromatic nitrogens is 2. The summed E-state index contributed by atoms with van der Waals surface area (Å²) in [6.45, 7) is 4.20. The Labute approximate surface area is 88.7 Å². The Morgan fingerprint density at radius 1 is 1.73 bits per heavy atom. The maximum absolute atomic E-state index is 11.0. The summed E-state index contributed by atoms with van der Waals surface area (Å²) >= 11 is 0. The lowest BCUT2D eigenvalue weighted by atomic mass is 10.1. The van der Waals surface area contributed by atoms with E-state index in [9.17, 15) is 4.79 Å². The van der Waals surface area contributed by atoms with E-state index < -0.39 is 12.1 Å². The summed E-state index contributed by atoms with van der Waals surface area (Å²) in [4.78, 5) is 11.0. The number of carboxylic acid groups (broad SMARTS) is 1. The fraction of sp³-hybridized carbons (Fsp3) is 0.600. The van der Waals surface area contributed by atoms with Crippen LogP contribution in [-0.2, 0) is 16.6 Å². The molecule has 0 amide bonds. The molecule has 84 valence electrons. The average molecular weight is 212 g/mol. The van der Waals surface area contributed by atoms with E-state index in [1.165, 1.54) is 0 Å². The number of carboxylic acids is 1. The van der Waals surface area contributed by atoms with Gasteiger partial charge in [-0.05, 0) is 13.3 Å². The lowest BCUT2D eigenvalue weighted by molar-refractivity contribution is -0.151. The van der Waals surface area contributed by atoms with Gasteiger partial charge in [-0.2, -0.15) is 5.10 Å². The van der Waals surface area contributed by atoms with Crippen molar-refractivity contribution >= 4 is 5.97 Å². The van der Waals surface area contributed by atoms with Gasteiger partial charge < -0.3 is 9.84 Å². The summed E-state index contributed by atoms with van der Waals surface area (Å²) in [5.41, 5.74) is 1.44. The van der Waals surface area contributed by atoms with E-state index in [-0.39, 0.29) is 0 Å². The van der Waals surface area contributed by atoms with Crippen molar-refractivity contribution in [3.63, 3.8) is 0 Å². The standard InChI is InChI=1S/C10H16N2O3/c1-4-5-15-9(10(13)14)8-6-11-12(3)7(8)2/h6,9H,4-5H2,1-3H3,(H,13,14). The minimum absolute atomic E-state index is 0.436. The van der Waals surface area contributed by atoms with Crippen LogP contribution < -0.4 is 0 Å². The van der Waals surface area contributed by atoms with E-state index >= 15 is 0 Å². The van der Waals surface area contributed by atoms with Crippen LogP contribution in [0, 0.1) is 6.92 Å². The third-order valence-corrected chi connectivity index (χ3v) is 2.27. The van der Waals surface area contributed by atoms with Gasteiger partial charge in [-0.3, -0.25) is 4.68 Å². The average Bonchev–Trinajstić information content (AvgIpc) is 2.50. The fourth-order valence-corrected chi connectivity index (χ4v) is 1.30. The molecule has 1 atom stereocenters. The topological polar surface area (TPSA) is 64.3 Å². The van der Waals surface area contributed by atoms with Crippen molar-refractivity contribution in [1.82, 2.24) is 9.78 Å². The third kappa shape index (κ3) is 2.56. The first-order chi connectivity index (χ1) is 7.07. The largest absolute Gasteiger partial charge is 0.479 e. The second-order valence-electron chi connectivity index (χ2n) is 3.40. The van der Waals surface area contributed by atoms with E-state index in [4.69, 9.17) is 9.84 Å². The number of aryl methyl sites for hydroxylation is 1. The van der Waals surface area contributed by atoms with Crippen LogP contribution in [0.1, 0.15) is 30.7 Å². The molecule has 1 heterocycles. The van der Waals surface area contributed by atoms with Crippen LogP contribution in [0.2, 0.25) is 0 Å². The summed E-state index contributed by atoms with van der Waals surface area (Å²) in [6.07, 6.45) is 1.44. The van der Waals surface area contributed by atoms with E-state index in [1.54, 1.807) is 17.9 Å². The Morgan fingerprint density at radius 3 is 2.80 bits per heavy atom. The van der Waals surface area contributed by atoms with Crippen LogP contribution in [0.15, 0.2) is 6.20 Å². The smallest absolute Gasteiger partial charge is 0.337 e. The summed E-state index contributed by atoms with van der Waals surface area (Å²) in [6, 6.07) is 0. The number of hydrogen-bond donors (Lipinski definition) is 1. The zero-order chi connectivity index (χ0) is 11.4. The molecule has 5 nitrogen and oxygen atoms in total. The highest BCUT2D eigenvalue weighted by molar-refractivity contribution is 5.74. The second kappa shape index (κ2) is 4.93. The van der Waals surface area contributed by atoms with E-state index in [0.29, 0.717) is 12.2 Å². The van der Waals surface area contributed by atoms with Crippen molar-refractivity contribution in [2.75, 3.05) is 6.61 Å². The van der Waals surface area contributed by atoms with E-state index in [1.807, 2.05) is 13.8 Å². The zero-order valence-electron chi connectivity index (χ0n) is 9.23. The van der Waals surface area contributed by atoms with Gasteiger partial charge in [0.2, 0.25) is 0 Å². The predicted octanol–water partition coefficient (Wildman–Crippen LogP) is 1.28. The van der Waals surface area contributed by atoms with Gasteiger partial charge in [0.05, 0.1) is 6.20 Å². The van der Waals surface area contributed by atoms with Gasteiger partial charge in [-0.1, -0.05) is 6.92 Å². The predicted molar refractivity (Wildman–Crippen MR) is 54.6 cm³/mol. The van der Waals surface area contributed by atoms with Gasteiger partial charge in [-0.15, -0.1) is 0 Å². The molecular formula is C10H16N2O3. The Morgan fingerprint density at radius 2 is 2.40 bits per heavy atom. The third-order valence-electron chi connectivity index (χ3n) is 2.27. The molecule has 15 heavy (non-hydrogen) atoms. The molecular weight excluding hydrogens is 196 g/mol. The molecule has 1 rings (SSSR count). The van der Waals surface area contributed by atoms with E-state index in [2.05, 4.69) is 5.10 Å². The molecule has 0 bridgehead atoms. The van der Waals surface area contributed by atoms with Crippen LogP contribution in [0.4, 0.5) is 0 Å². The Bertz CT molecular complexity index is 346. The first-order valence-electron chi connectivity index (χ1n) is 4.90. The number of nitrogens with zero attached hydrogens (tertiary/aromatic N) is 2. The molecule has 0 aliphatic heterocycles. The molecule has 1 aromatic rings. The monoisotopic (exact) mass is 212 g/mol. The quantitative estimate of drug-likeness (QED) is 0.798. The van der Waals surface area contributed by atoms with Crippen LogP contribution in [0.3, 0.4) is 0 Å². The maximum atomic E-state index is 11.0. The molecule has 1 N–H and O–H groups in total. The van der Waals surface area contributed by atoms with E-state index in [0.717, 1.165) is 12.1 Å². The van der Waals surface area contributed by atoms with Crippen LogP contribution in [-0.4, -0.2) is 27.5 Å². The van der Waals surface area contributed by atoms with Gasteiger partial charge in [0.15, 0.2) is 6.10 Å². The van der Waals surface area contributed by atoms with Gasteiger partial charge in [0.25, 0.3) is 0 Å². The Kier molecular flexibility index (Phi) is 3.85. The van der Waals surface area contributed by atoms with Crippen molar-refractivity contribution < 1.29 is 14.6 Å². The number of carbonyl (C=O) groups is 1. The normalized spacial score (nSPS) is 12.7. The molecule has 0 radical (unpaired) electrons. The molecule has 0 spiro atoms. The van der Waals surface area contributed by atoms with Crippen molar-refractivity contribution in [1.29, 1.82) is 0 Å². The summed E-state index contributed by atoms with van der Waals surface area (Å²) < 4.78 is 6.92. The highest BCUT2D eigenvalue weighted by atomic mass is 16.5. The Hall–Kier alpha value is -1.36. The molecule has 5 heteroatoms. The van der Waals surface area contributed by atoms with Crippen molar-refractivity contribution in [3.8, 4) is 0 Å². The zero-order valence-corrected chi connectivity index (χ0v) is 9.23. The van der Waals surface area contributed by atoms with Crippen molar-refractivity contribution in [2.24, 2.45) is 7.05 Å². The lowest BCUT2D eigenvalue weighted by Gasteiger charge is -2.12. The molecule has 0 fully saturated rings. The van der Waals surface area contributed by atoms with Crippen LogP contribution in [0.5, 0.6) is 0 Å². The van der Waals surface area contributed by atoms with Crippen molar-refractivity contribution in [2.45, 2.75) is 26.4 Å². The first-order valence-corrected chi connectivity index (χ1v) is 4.90. The molecule has 0 saturated heterocycles. The van der Waals surface area contributed by atoms with Crippen LogP contribution in [0.25, 0.3) is 0 Å². The van der Waals surface area contributed by atoms with Crippen molar-refractivity contribution in [3.05, 3.63) is 17.5 Å². The Balaban J connectivity index is 2.89. The molecule has 1 aromatic heterocycles. The second-order valence-corrected chi connectivity index (χ2v) is 3.40. The van der Waals surface area contributed by atoms with Gasteiger partial charge in [0, 0.05) is 24.9 Å². The summed E-state index contributed by atoms with van der Waals surface area (Å²) in [5.74, 6) is -0.973. The minimum Gasteiger partial charge on any atom is -0.479 e. The SMILES string of the molecule is CCCOC(C(=O)O)c1cnn(C)c1C. The highest BCUT2D eigenvalue weighted by Crippen LogP contribution is 2.20. The summed E-state index contributed by atoms with van der Waals surface area (Å²) in [5, 5.41) is 13.0. The number of rotatable bonds is 5. The number of aliphatic carboxylic acids is 1. The van der Waals surface area contributed by atoms with Crippen LogP contribution >= 0.6 is 0 Å². The molecule has 0 aromatic carbocycles.